The van der Waals surface area contributed by atoms with Gasteiger partial charge in [-0.15, -0.1) is 0 Å². The van der Waals surface area contributed by atoms with E-state index in [1.807, 2.05) is 30.5 Å². The molecule has 8 nitrogen and oxygen atoms in total. The molecule has 0 bridgehead atoms. The van der Waals surface area contributed by atoms with Gasteiger partial charge in [0.2, 0.25) is 0 Å². The van der Waals surface area contributed by atoms with Gasteiger partial charge in [0, 0.05) is 65.1 Å². The molecule has 0 aliphatic carbocycles. The number of benzene rings is 1. The van der Waals surface area contributed by atoms with E-state index in [4.69, 9.17) is 0 Å². The molecule has 1 aliphatic heterocycles. The summed E-state index contributed by atoms with van der Waals surface area (Å²) in [6.07, 6.45) is 2.73. The average molecular weight is 424 g/mol. The molecule has 2 heterocycles. The number of aliphatic imine (C=N–C) groups is 1. The van der Waals surface area contributed by atoms with Gasteiger partial charge in [-0.25, -0.2) is 4.98 Å². The number of piperazine rings is 1. The Morgan fingerprint density at radius 3 is 2.58 bits per heavy atom. The molecule has 1 aromatic heterocycles. The minimum absolute atomic E-state index is 0.0699. The zero-order valence-electron chi connectivity index (χ0n) is 18.7. The van der Waals surface area contributed by atoms with E-state index in [2.05, 4.69) is 54.9 Å². The standard InChI is InChI=1S/C23H33N7O/c1-24-22(31)20-6-4-5-18(15-20)9-10-26-23(25-2)28-17-19-7-8-21(27-16-19)30-13-11-29(3)12-14-30/h4-8,15-16H,9-14,17H2,1-3H3,(H,24,31)(H2,25,26,28). The highest BCUT2D eigenvalue weighted by Gasteiger charge is 2.15. The largest absolute Gasteiger partial charge is 0.356 e. The van der Waals surface area contributed by atoms with Gasteiger partial charge in [0.15, 0.2) is 5.96 Å². The molecule has 1 aromatic carbocycles. The van der Waals surface area contributed by atoms with E-state index in [0.717, 1.165) is 62.0 Å². The van der Waals surface area contributed by atoms with E-state index in [1.165, 1.54) is 0 Å². The van der Waals surface area contributed by atoms with Gasteiger partial charge >= 0.3 is 0 Å². The maximum absolute atomic E-state index is 11.8. The van der Waals surface area contributed by atoms with Crippen molar-refractivity contribution in [2.24, 2.45) is 4.99 Å². The maximum atomic E-state index is 11.8. The van der Waals surface area contributed by atoms with E-state index in [0.29, 0.717) is 12.1 Å². The fourth-order valence-electron chi connectivity index (χ4n) is 3.49. The van der Waals surface area contributed by atoms with Crippen LogP contribution in [0, 0.1) is 0 Å². The lowest BCUT2D eigenvalue weighted by atomic mass is 10.1. The Labute approximate surface area is 184 Å². The predicted molar refractivity (Wildman–Crippen MR) is 126 cm³/mol. The molecule has 2 aromatic rings. The van der Waals surface area contributed by atoms with Crippen LogP contribution in [0.3, 0.4) is 0 Å². The summed E-state index contributed by atoms with van der Waals surface area (Å²) in [4.78, 5) is 25.4. The summed E-state index contributed by atoms with van der Waals surface area (Å²) in [6, 6.07) is 11.9. The zero-order chi connectivity index (χ0) is 22.1. The van der Waals surface area contributed by atoms with Crippen LogP contribution in [-0.2, 0) is 13.0 Å². The highest BCUT2D eigenvalue weighted by Crippen LogP contribution is 2.13. The molecule has 0 saturated carbocycles. The molecule has 1 fully saturated rings. The van der Waals surface area contributed by atoms with Gasteiger partial charge in [-0.2, -0.15) is 0 Å². The first-order chi connectivity index (χ1) is 15.1. The summed E-state index contributed by atoms with van der Waals surface area (Å²) in [5.41, 5.74) is 2.89. The monoisotopic (exact) mass is 423 g/mol. The molecule has 1 aliphatic rings. The number of guanidine groups is 1. The highest BCUT2D eigenvalue weighted by molar-refractivity contribution is 5.94. The molecule has 8 heteroatoms. The Hall–Kier alpha value is -3.13. The number of nitrogens with one attached hydrogen (secondary N) is 3. The van der Waals surface area contributed by atoms with Crippen molar-refractivity contribution in [1.29, 1.82) is 0 Å². The van der Waals surface area contributed by atoms with Gasteiger partial charge in [-0.1, -0.05) is 18.2 Å². The van der Waals surface area contributed by atoms with Crippen LogP contribution in [0.25, 0.3) is 0 Å². The molecule has 1 amide bonds. The molecule has 1 saturated heterocycles. The van der Waals surface area contributed by atoms with Gasteiger partial charge in [-0.3, -0.25) is 9.79 Å². The van der Waals surface area contributed by atoms with Gasteiger partial charge in [-0.05, 0) is 42.8 Å². The van der Waals surface area contributed by atoms with Crippen molar-refractivity contribution < 1.29 is 4.79 Å². The van der Waals surface area contributed by atoms with E-state index in [9.17, 15) is 4.79 Å². The maximum Gasteiger partial charge on any atom is 0.251 e. The van der Waals surface area contributed by atoms with Crippen molar-refractivity contribution in [2.75, 3.05) is 58.8 Å². The molecule has 0 radical (unpaired) electrons. The number of anilines is 1. The third-order valence-corrected chi connectivity index (χ3v) is 5.44. The SMILES string of the molecule is CN=C(NCCc1cccc(C(=O)NC)c1)NCc1ccc(N2CCN(C)CC2)nc1. The first-order valence-electron chi connectivity index (χ1n) is 10.7. The summed E-state index contributed by atoms with van der Waals surface area (Å²) < 4.78 is 0. The number of amides is 1. The predicted octanol–water partition coefficient (Wildman–Crippen LogP) is 1.10. The number of aromatic nitrogens is 1. The quantitative estimate of drug-likeness (QED) is 0.457. The first kappa shape index (κ1) is 22.6. The molecule has 3 N–H and O–H groups in total. The summed E-state index contributed by atoms with van der Waals surface area (Å²) in [5.74, 6) is 1.71. The fourth-order valence-corrected chi connectivity index (χ4v) is 3.49. The third-order valence-electron chi connectivity index (χ3n) is 5.44. The number of hydrogen-bond donors (Lipinski definition) is 3. The van der Waals surface area contributed by atoms with Gasteiger partial charge < -0.3 is 25.8 Å². The Balaban J connectivity index is 1.44. The van der Waals surface area contributed by atoms with E-state index in [-0.39, 0.29) is 5.91 Å². The Morgan fingerprint density at radius 2 is 1.90 bits per heavy atom. The summed E-state index contributed by atoms with van der Waals surface area (Å²) in [5, 5.41) is 9.31. The van der Waals surface area contributed by atoms with Crippen molar-refractivity contribution >= 4 is 17.7 Å². The molecular weight excluding hydrogens is 390 g/mol. The zero-order valence-corrected chi connectivity index (χ0v) is 18.7. The lowest BCUT2D eigenvalue weighted by molar-refractivity contribution is 0.0963. The summed E-state index contributed by atoms with van der Waals surface area (Å²) >= 11 is 0. The van der Waals surface area contributed by atoms with Crippen LogP contribution in [0.15, 0.2) is 47.6 Å². The third kappa shape index (κ3) is 6.68. The normalized spacial score (nSPS) is 14.9. The second-order valence-corrected chi connectivity index (χ2v) is 7.70. The minimum atomic E-state index is -0.0699. The average Bonchev–Trinajstić information content (AvgIpc) is 2.82. The van der Waals surface area contributed by atoms with Crippen LogP contribution in [0.5, 0.6) is 0 Å². The Kier molecular flexibility index (Phi) is 8.23. The second-order valence-electron chi connectivity index (χ2n) is 7.70. The van der Waals surface area contributed by atoms with Crippen LogP contribution >= 0.6 is 0 Å². The number of nitrogens with zero attached hydrogens (tertiary/aromatic N) is 4. The van der Waals surface area contributed by atoms with E-state index in [1.54, 1.807) is 14.1 Å². The molecule has 0 unspecified atom stereocenters. The van der Waals surface area contributed by atoms with Crippen molar-refractivity contribution in [3.8, 4) is 0 Å². The van der Waals surface area contributed by atoms with Crippen molar-refractivity contribution in [3.05, 3.63) is 59.3 Å². The second kappa shape index (κ2) is 11.3. The first-order valence-corrected chi connectivity index (χ1v) is 10.7. The van der Waals surface area contributed by atoms with Gasteiger partial charge in [0.1, 0.15) is 5.82 Å². The topological polar surface area (TPSA) is 84.9 Å². The van der Waals surface area contributed by atoms with Crippen LogP contribution < -0.4 is 20.9 Å². The molecule has 0 spiro atoms. The highest BCUT2D eigenvalue weighted by atomic mass is 16.1. The smallest absolute Gasteiger partial charge is 0.251 e. The molecule has 31 heavy (non-hydrogen) atoms. The lowest BCUT2D eigenvalue weighted by Gasteiger charge is -2.33. The lowest BCUT2D eigenvalue weighted by Crippen LogP contribution is -2.44. The van der Waals surface area contributed by atoms with Crippen LogP contribution in [0.2, 0.25) is 0 Å². The number of carbonyl (C=O) groups excluding carboxylic acids is 1. The Bertz CT molecular complexity index is 874. The van der Waals surface area contributed by atoms with Crippen molar-refractivity contribution in [2.45, 2.75) is 13.0 Å². The molecule has 3 rings (SSSR count). The van der Waals surface area contributed by atoms with Gasteiger partial charge in [0.05, 0.1) is 0 Å². The van der Waals surface area contributed by atoms with Crippen LogP contribution in [-0.4, -0.2) is 75.6 Å². The number of rotatable bonds is 7. The number of hydrogen-bond acceptors (Lipinski definition) is 5. The van der Waals surface area contributed by atoms with E-state index < -0.39 is 0 Å². The van der Waals surface area contributed by atoms with Crippen molar-refractivity contribution in [3.63, 3.8) is 0 Å². The number of pyridine rings is 1. The minimum Gasteiger partial charge on any atom is -0.356 e. The van der Waals surface area contributed by atoms with Gasteiger partial charge in [0.25, 0.3) is 5.91 Å². The number of likely N-dealkylation sites (N-methyl/N-ethyl adjacent to an activating group) is 1. The molecule has 0 atom stereocenters. The summed E-state index contributed by atoms with van der Waals surface area (Å²) in [6.45, 7) is 5.55. The number of carbonyl (C=O) groups is 1. The molecular formula is C23H33N7O. The van der Waals surface area contributed by atoms with Crippen LogP contribution in [0.4, 0.5) is 5.82 Å². The summed E-state index contributed by atoms with van der Waals surface area (Å²) in [7, 11) is 5.56. The van der Waals surface area contributed by atoms with Crippen molar-refractivity contribution in [1.82, 2.24) is 25.8 Å². The molecule has 166 valence electrons. The fraction of sp³-hybridized carbons (Fsp3) is 0.435. The van der Waals surface area contributed by atoms with Crippen LogP contribution in [0.1, 0.15) is 21.5 Å². The van der Waals surface area contributed by atoms with E-state index >= 15 is 0 Å². The Morgan fingerprint density at radius 1 is 1.10 bits per heavy atom.